The topological polar surface area (TPSA) is 111 Å². The molecule has 1 aliphatic carbocycles. The molecule has 8 heteroatoms. The first-order valence-electron chi connectivity index (χ1n) is 13.2. The van der Waals surface area contributed by atoms with Gasteiger partial charge in [-0.1, -0.05) is 72.8 Å². The lowest BCUT2D eigenvalue weighted by atomic mass is 9.71. The number of aliphatic carboxylic acids is 2. The van der Waals surface area contributed by atoms with Gasteiger partial charge in [-0.25, -0.2) is 9.59 Å². The van der Waals surface area contributed by atoms with E-state index in [0.717, 1.165) is 51.3 Å². The zero-order valence-electron chi connectivity index (χ0n) is 22.1. The average Bonchev–Trinajstić information content (AvgIpc) is 3.31. The summed E-state index contributed by atoms with van der Waals surface area (Å²) in [6, 6.07) is 29.5. The number of carboxylic acids is 2. The Balaban J connectivity index is 0.000000531. The first-order valence-corrected chi connectivity index (χ1v) is 13.2. The van der Waals surface area contributed by atoms with Crippen LogP contribution >= 0.6 is 0 Å². The van der Waals surface area contributed by atoms with E-state index >= 15 is 0 Å². The molecule has 39 heavy (non-hydrogen) atoms. The molecule has 1 saturated carbocycles. The van der Waals surface area contributed by atoms with Crippen molar-refractivity contribution < 1.29 is 29.6 Å². The molecule has 1 saturated heterocycles. The van der Waals surface area contributed by atoms with Crippen LogP contribution in [-0.2, 0) is 15.0 Å². The lowest BCUT2D eigenvalue weighted by Crippen LogP contribution is -2.49. The fraction of sp³-hybridized carbons (Fsp3) is 0.355. The van der Waals surface area contributed by atoms with Crippen molar-refractivity contribution in [2.45, 2.75) is 24.4 Å². The van der Waals surface area contributed by atoms with Gasteiger partial charge in [-0.05, 0) is 42.0 Å². The van der Waals surface area contributed by atoms with Crippen molar-refractivity contribution in [2.75, 3.05) is 44.7 Å². The Morgan fingerprint density at radius 1 is 0.821 bits per heavy atom. The minimum absolute atomic E-state index is 0.267. The third kappa shape index (κ3) is 6.24. The average molecular weight is 533 g/mol. The summed E-state index contributed by atoms with van der Waals surface area (Å²) in [6.45, 7) is 4.91. The van der Waals surface area contributed by atoms with E-state index in [4.69, 9.17) is 24.5 Å². The Morgan fingerprint density at radius 3 is 1.85 bits per heavy atom. The molecule has 2 aliphatic rings. The van der Waals surface area contributed by atoms with Gasteiger partial charge in [-0.3, -0.25) is 4.90 Å². The lowest BCUT2D eigenvalue weighted by molar-refractivity contribution is -0.159. The summed E-state index contributed by atoms with van der Waals surface area (Å²) >= 11 is 0. The summed E-state index contributed by atoms with van der Waals surface area (Å²) in [5, 5.41) is 26.6. The van der Waals surface area contributed by atoms with E-state index in [9.17, 15) is 5.11 Å². The number of methoxy groups -OCH3 is 1. The maximum absolute atomic E-state index is 11.8. The molecule has 1 heterocycles. The summed E-state index contributed by atoms with van der Waals surface area (Å²) in [4.78, 5) is 23.1. The zero-order chi connectivity index (χ0) is 27.8. The Bertz CT molecular complexity index is 1180. The van der Waals surface area contributed by atoms with Crippen LogP contribution < -0.4 is 9.64 Å². The van der Waals surface area contributed by atoms with E-state index in [0.29, 0.717) is 0 Å². The van der Waals surface area contributed by atoms with Crippen molar-refractivity contribution in [1.29, 1.82) is 0 Å². The summed E-state index contributed by atoms with van der Waals surface area (Å²) < 4.78 is 5.57. The molecule has 0 radical (unpaired) electrons. The number of rotatable bonds is 6. The molecule has 206 valence electrons. The van der Waals surface area contributed by atoms with Crippen molar-refractivity contribution in [3.63, 3.8) is 0 Å². The van der Waals surface area contributed by atoms with Crippen molar-refractivity contribution >= 4 is 17.6 Å². The predicted octanol–water partition coefficient (Wildman–Crippen LogP) is 3.73. The fourth-order valence-electron chi connectivity index (χ4n) is 5.97. The van der Waals surface area contributed by atoms with Crippen LogP contribution in [0.4, 0.5) is 5.69 Å². The number of carboxylic acid groups (broad SMARTS) is 2. The van der Waals surface area contributed by atoms with E-state index in [1.807, 2.05) is 12.1 Å². The van der Waals surface area contributed by atoms with Gasteiger partial charge >= 0.3 is 11.9 Å². The van der Waals surface area contributed by atoms with E-state index in [1.165, 1.54) is 16.8 Å². The van der Waals surface area contributed by atoms with Crippen LogP contribution in [0.5, 0.6) is 5.75 Å². The number of para-hydroxylation sites is 2. The Kier molecular flexibility index (Phi) is 9.22. The Morgan fingerprint density at radius 2 is 1.33 bits per heavy atom. The second kappa shape index (κ2) is 12.8. The van der Waals surface area contributed by atoms with Gasteiger partial charge in [-0.2, -0.15) is 0 Å². The molecule has 0 aromatic heterocycles. The molecule has 5 rings (SSSR count). The van der Waals surface area contributed by atoms with Gasteiger partial charge in [0.2, 0.25) is 0 Å². The molecule has 2 fully saturated rings. The van der Waals surface area contributed by atoms with Gasteiger partial charge in [0, 0.05) is 38.1 Å². The number of aliphatic hydroxyl groups excluding tert-OH is 1. The maximum atomic E-state index is 11.8. The normalized spacial score (nSPS) is 20.5. The third-order valence-corrected chi connectivity index (χ3v) is 7.91. The molecule has 3 aromatic carbocycles. The Hall–Kier alpha value is -3.88. The Labute approximate surface area is 229 Å². The first kappa shape index (κ1) is 28.1. The first-order chi connectivity index (χ1) is 18.9. The fourth-order valence-corrected chi connectivity index (χ4v) is 5.97. The van der Waals surface area contributed by atoms with Gasteiger partial charge in [0.1, 0.15) is 5.75 Å². The van der Waals surface area contributed by atoms with Gasteiger partial charge in [0.15, 0.2) is 0 Å². The van der Waals surface area contributed by atoms with E-state index in [1.54, 1.807) is 7.11 Å². The molecular weight excluding hydrogens is 496 g/mol. The minimum atomic E-state index is -1.82. The largest absolute Gasteiger partial charge is 0.495 e. The number of anilines is 1. The number of hydrogen-bond donors (Lipinski definition) is 3. The molecule has 3 aromatic rings. The van der Waals surface area contributed by atoms with Gasteiger partial charge in [0.05, 0.1) is 18.9 Å². The summed E-state index contributed by atoms with van der Waals surface area (Å²) in [5.41, 5.74) is 3.30. The van der Waals surface area contributed by atoms with E-state index in [-0.39, 0.29) is 11.3 Å². The number of ether oxygens (including phenoxy) is 1. The van der Waals surface area contributed by atoms with Crippen LogP contribution in [0.15, 0.2) is 84.9 Å². The molecule has 0 unspecified atom stereocenters. The summed E-state index contributed by atoms with van der Waals surface area (Å²) in [5.74, 6) is -2.44. The van der Waals surface area contributed by atoms with Crippen molar-refractivity contribution in [2.24, 2.45) is 5.92 Å². The number of aliphatic hydroxyl groups is 1. The highest BCUT2D eigenvalue weighted by atomic mass is 16.5. The van der Waals surface area contributed by atoms with Crippen molar-refractivity contribution in [3.05, 3.63) is 96.1 Å². The molecular formula is C31H36N2O6. The monoisotopic (exact) mass is 532 g/mol. The molecule has 2 atom stereocenters. The van der Waals surface area contributed by atoms with Crippen LogP contribution in [0, 0.1) is 5.92 Å². The summed E-state index contributed by atoms with van der Waals surface area (Å²) in [7, 11) is 1.74. The van der Waals surface area contributed by atoms with Crippen LogP contribution in [0.2, 0.25) is 0 Å². The second-order valence-electron chi connectivity index (χ2n) is 10.0. The number of hydrogen-bond acceptors (Lipinski definition) is 6. The smallest absolute Gasteiger partial charge is 0.414 e. The minimum Gasteiger partial charge on any atom is -0.495 e. The summed E-state index contributed by atoms with van der Waals surface area (Å²) in [6.07, 6.45) is 1.63. The molecule has 1 aliphatic heterocycles. The van der Waals surface area contributed by atoms with Gasteiger partial charge in [0.25, 0.3) is 0 Å². The number of piperazine rings is 1. The van der Waals surface area contributed by atoms with Crippen LogP contribution in [0.1, 0.15) is 24.0 Å². The van der Waals surface area contributed by atoms with Crippen molar-refractivity contribution in [3.8, 4) is 5.75 Å². The second-order valence-corrected chi connectivity index (χ2v) is 10.0. The van der Waals surface area contributed by atoms with Gasteiger partial charge < -0.3 is 25.0 Å². The highest BCUT2D eigenvalue weighted by Gasteiger charge is 2.50. The highest BCUT2D eigenvalue weighted by molar-refractivity contribution is 6.27. The molecule has 0 bridgehead atoms. The zero-order valence-corrected chi connectivity index (χ0v) is 22.1. The number of benzene rings is 3. The van der Waals surface area contributed by atoms with Crippen LogP contribution in [0.3, 0.4) is 0 Å². The maximum Gasteiger partial charge on any atom is 0.414 e. The number of nitrogens with zero attached hydrogens (tertiary/aromatic N) is 2. The highest BCUT2D eigenvalue weighted by Crippen LogP contribution is 2.49. The molecule has 8 nitrogen and oxygen atoms in total. The van der Waals surface area contributed by atoms with Crippen LogP contribution in [0.25, 0.3) is 0 Å². The molecule has 3 N–H and O–H groups in total. The van der Waals surface area contributed by atoms with Crippen molar-refractivity contribution in [1.82, 2.24) is 4.90 Å². The van der Waals surface area contributed by atoms with Gasteiger partial charge in [-0.15, -0.1) is 0 Å². The SMILES string of the molecule is COc1ccccc1N1CCN(C[C@H]2CCC(c3ccccc3)(c3ccccc3)[C@@H]2O)CC1.O=C(O)C(=O)O. The third-order valence-electron chi connectivity index (χ3n) is 7.91. The van der Waals surface area contributed by atoms with E-state index < -0.39 is 18.0 Å². The number of carbonyl (C=O) groups is 2. The predicted molar refractivity (Wildman–Crippen MR) is 149 cm³/mol. The quantitative estimate of drug-likeness (QED) is 0.412. The molecule has 0 amide bonds. The van der Waals surface area contributed by atoms with E-state index in [2.05, 4.69) is 82.6 Å². The molecule has 0 spiro atoms. The van der Waals surface area contributed by atoms with Crippen LogP contribution in [-0.4, -0.2) is 78.1 Å². The standard InChI is InChI=1S/C29H34N2O2.C2H2O4/c1-33-27-15-9-8-14-26(27)31-20-18-30(19-21-31)22-23-16-17-29(28(23)32,24-10-4-2-5-11-24)25-12-6-3-7-13-25;3-1(4)2(5)6/h2-15,23,28,32H,16-22H2,1H3;(H,3,4)(H,5,6)/t23-,28-;/m1./s1. The lowest BCUT2D eigenvalue weighted by Gasteiger charge is -2.39.